The standard InChI is InChI=1S/C17H27N5O/c1-2-4-13(8-10-23)19-16-15-14(20-17(18)21-16)7-9-22(15)11-12-5-3-6-12/h7,9,12-13,23H,2-6,8,10-11H2,1H3,(H3,18,19,20,21)/t13-/m0/s1. The Balaban J connectivity index is 1.91. The second-order valence-corrected chi connectivity index (χ2v) is 6.57. The van der Waals surface area contributed by atoms with Crippen LogP contribution in [-0.4, -0.2) is 32.3 Å². The van der Waals surface area contributed by atoms with Gasteiger partial charge in [0.25, 0.3) is 0 Å². The largest absolute Gasteiger partial charge is 0.396 e. The maximum Gasteiger partial charge on any atom is 0.222 e. The van der Waals surface area contributed by atoms with Crippen LogP contribution >= 0.6 is 0 Å². The van der Waals surface area contributed by atoms with E-state index in [2.05, 4.69) is 33.0 Å². The molecule has 0 spiro atoms. The Morgan fingerprint density at radius 2 is 2.22 bits per heavy atom. The van der Waals surface area contributed by atoms with Crippen LogP contribution in [0.4, 0.5) is 11.8 Å². The highest BCUT2D eigenvalue weighted by molar-refractivity contribution is 5.87. The molecule has 0 radical (unpaired) electrons. The first-order valence-electron chi connectivity index (χ1n) is 8.71. The van der Waals surface area contributed by atoms with Crippen LogP contribution in [-0.2, 0) is 6.54 Å². The lowest BCUT2D eigenvalue weighted by atomic mass is 9.85. The Labute approximate surface area is 137 Å². The normalized spacial score (nSPS) is 16.4. The highest BCUT2D eigenvalue weighted by Gasteiger charge is 2.21. The molecule has 2 aromatic heterocycles. The maximum atomic E-state index is 9.28. The fourth-order valence-corrected chi connectivity index (χ4v) is 3.32. The number of aliphatic hydroxyl groups excluding tert-OH is 1. The molecule has 0 saturated heterocycles. The predicted octanol–water partition coefficient (Wildman–Crippen LogP) is 2.78. The van der Waals surface area contributed by atoms with Crippen molar-refractivity contribution < 1.29 is 5.11 Å². The number of aliphatic hydroxyl groups is 1. The average molecular weight is 317 g/mol. The van der Waals surface area contributed by atoms with Crippen LogP contribution in [0.25, 0.3) is 11.0 Å². The van der Waals surface area contributed by atoms with Crippen LogP contribution in [0.15, 0.2) is 12.3 Å². The Kier molecular flexibility index (Phi) is 5.00. The fraction of sp³-hybridized carbons (Fsp3) is 0.647. The molecule has 23 heavy (non-hydrogen) atoms. The van der Waals surface area contributed by atoms with Gasteiger partial charge in [-0.15, -0.1) is 0 Å². The van der Waals surface area contributed by atoms with Crippen molar-refractivity contribution in [3.63, 3.8) is 0 Å². The third kappa shape index (κ3) is 3.58. The van der Waals surface area contributed by atoms with Gasteiger partial charge in [0.05, 0.1) is 5.52 Å². The summed E-state index contributed by atoms with van der Waals surface area (Å²) in [5.41, 5.74) is 7.80. The minimum Gasteiger partial charge on any atom is -0.396 e. The van der Waals surface area contributed by atoms with Gasteiger partial charge in [-0.3, -0.25) is 0 Å². The molecule has 0 aromatic carbocycles. The van der Waals surface area contributed by atoms with E-state index in [-0.39, 0.29) is 12.6 Å². The first kappa shape index (κ1) is 16.1. The summed E-state index contributed by atoms with van der Waals surface area (Å²) in [6.45, 7) is 3.34. The number of anilines is 2. The van der Waals surface area contributed by atoms with Crippen LogP contribution in [0.3, 0.4) is 0 Å². The Morgan fingerprint density at radius 1 is 1.39 bits per heavy atom. The quantitative estimate of drug-likeness (QED) is 0.696. The van der Waals surface area contributed by atoms with E-state index in [4.69, 9.17) is 5.73 Å². The van der Waals surface area contributed by atoms with Crippen LogP contribution in [0, 0.1) is 5.92 Å². The molecule has 3 rings (SSSR count). The highest BCUT2D eigenvalue weighted by atomic mass is 16.3. The van der Waals surface area contributed by atoms with Crippen LogP contribution in [0.5, 0.6) is 0 Å². The minimum absolute atomic E-state index is 0.171. The zero-order valence-corrected chi connectivity index (χ0v) is 13.8. The van der Waals surface area contributed by atoms with Gasteiger partial charge in [0.1, 0.15) is 5.52 Å². The number of nitrogens with one attached hydrogen (secondary N) is 1. The molecule has 1 aliphatic rings. The molecule has 1 atom stereocenters. The molecule has 4 N–H and O–H groups in total. The molecule has 0 bridgehead atoms. The van der Waals surface area contributed by atoms with Gasteiger partial charge in [0, 0.05) is 25.4 Å². The summed E-state index contributed by atoms with van der Waals surface area (Å²) < 4.78 is 2.25. The van der Waals surface area contributed by atoms with Gasteiger partial charge in [-0.25, -0.2) is 4.98 Å². The summed E-state index contributed by atoms with van der Waals surface area (Å²) in [4.78, 5) is 8.81. The van der Waals surface area contributed by atoms with Gasteiger partial charge in [-0.05, 0) is 37.7 Å². The van der Waals surface area contributed by atoms with E-state index in [1.165, 1.54) is 19.3 Å². The van der Waals surface area contributed by atoms with Crippen LogP contribution < -0.4 is 11.1 Å². The maximum absolute atomic E-state index is 9.28. The first-order valence-corrected chi connectivity index (χ1v) is 8.71. The smallest absolute Gasteiger partial charge is 0.222 e. The first-order chi connectivity index (χ1) is 11.2. The third-order valence-electron chi connectivity index (χ3n) is 4.76. The van der Waals surface area contributed by atoms with E-state index in [1.54, 1.807) is 0 Å². The molecule has 1 aliphatic carbocycles. The van der Waals surface area contributed by atoms with Crippen molar-refractivity contribution in [2.75, 3.05) is 17.7 Å². The van der Waals surface area contributed by atoms with Gasteiger partial charge >= 0.3 is 0 Å². The number of nitrogens with zero attached hydrogens (tertiary/aromatic N) is 3. The summed E-state index contributed by atoms with van der Waals surface area (Å²) in [5.74, 6) is 1.85. The number of fused-ring (bicyclic) bond motifs is 1. The van der Waals surface area contributed by atoms with Crippen molar-refractivity contribution in [3.05, 3.63) is 12.3 Å². The second kappa shape index (κ2) is 7.17. The lowest BCUT2D eigenvalue weighted by Gasteiger charge is -2.26. The molecule has 0 amide bonds. The summed E-state index contributed by atoms with van der Waals surface area (Å²) in [7, 11) is 0. The molecule has 0 unspecified atom stereocenters. The Hall–Kier alpha value is -1.82. The fourth-order valence-electron chi connectivity index (χ4n) is 3.32. The third-order valence-corrected chi connectivity index (χ3v) is 4.76. The number of hydrogen-bond acceptors (Lipinski definition) is 5. The minimum atomic E-state index is 0.171. The summed E-state index contributed by atoms with van der Waals surface area (Å²) in [6, 6.07) is 2.22. The van der Waals surface area contributed by atoms with Crippen molar-refractivity contribution in [2.24, 2.45) is 5.92 Å². The Bertz CT molecular complexity index is 644. The number of nitrogens with two attached hydrogens (primary N) is 1. The van der Waals surface area contributed by atoms with E-state index in [1.807, 2.05) is 6.07 Å². The van der Waals surface area contributed by atoms with E-state index < -0.39 is 0 Å². The SMILES string of the molecule is CCC[C@@H](CCO)Nc1nc(N)nc2ccn(CC3CCC3)c12. The monoisotopic (exact) mass is 317 g/mol. The number of hydrogen-bond donors (Lipinski definition) is 3. The van der Waals surface area contributed by atoms with Crippen molar-refractivity contribution in [2.45, 2.75) is 58.0 Å². The van der Waals surface area contributed by atoms with Gasteiger partial charge in [0.15, 0.2) is 5.82 Å². The van der Waals surface area contributed by atoms with Gasteiger partial charge in [-0.1, -0.05) is 19.8 Å². The van der Waals surface area contributed by atoms with E-state index in [0.717, 1.165) is 42.2 Å². The number of nitrogen functional groups attached to an aromatic ring is 1. The highest BCUT2D eigenvalue weighted by Crippen LogP contribution is 2.31. The molecule has 2 heterocycles. The lowest BCUT2D eigenvalue weighted by molar-refractivity contribution is 0.276. The van der Waals surface area contributed by atoms with Crippen molar-refractivity contribution in [1.82, 2.24) is 14.5 Å². The predicted molar refractivity (Wildman–Crippen MR) is 93.3 cm³/mol. The summed E-state index contributed by atoms with van der Waals surface area (Å²) >= 11 is 0. The molecule has 0 aliphatic heterocycles. The van der Waals surface area contributed by atoms with Gasteiger partial charge < -0.3 is 20.7 Å². The van der Waals surface area contributed by atoms with Crippen LogP contribution in [0.1, 0.15) is 45.4 Å². The molecular weight excluding hydrogens is 290 g/mol. The van der Waals surface area contributed by atoms with Crippen LogP contribution in [0.2, 0.25) is 0 Å². The summed E-state index contributed by atoms with van der Waals surface area (Å²) in [5, 5.41) is 12.8. The molecule has 1 saturated carbocycles. The zero-order chi connectivity index (χ0) is 16.2. The molecular formula is C17H27N5O. The number of aromatic nitrogens is 3. The van der Waals surface area contributed by atoms with E-state index in [9.17, 15) is 5.11 Å². The van der Waals surface area contributed by atoms with Gasteiger partial charge in [-0.2, -0.15) is 4.98 Å². The number of rotatable bonds is 8. The van der Waals surface area contributed by atoms with Crippen molar-refractivity contribution in [3.8, 4) is 0 Å². The molecule has 1 fully saturated rings. The summed E-state index contributed by atoms with van der Waals surface area (Å²) in [6.07, 6.45) is 8.81. The van der Waals surface area contributed by atoms with Crippen molar-refractivity contribution in [1.29, 1.82) is 0 Å². The Morgan fingerprint density at radius 3 is 2.87 bits per heavy atom. The molecule has 2 aromatic rings. The molecule has 6 nitrogen and oxygen atoms in total. The van der Waals surface area contributed by atoms with E-state index in [0.29, 0.717) is 12.4 Å². The van der Waals surface area contributed by atoms with E-state index >= 15 is 0 Å². The topological polar surface area (TPSA) is 89.0 Å². The van der Waals surface area contributed by atoms with Gasteiger partial charge in [0.2, 0.25) is 5.95 Å². The molecule has 6 heteroatoms. The average Bonchev–Trinajstić information content (AvgIpc) is 2.86. The molecule has 126 valence electrons. The zero-order valence-electron chi connectivity index (χ0n) is 13.8. The van der Waals surface area contributed by atoms with Crippen molar-refractivity contribution >= 4 is 22.8 Å². The second-order valence-electron chi connectivity index (χ2n) is 6.57. The lowest BCUT2D eigenvalue weighted by Crippen LogP contribution is -2.23.